The third-order valence-corrected chi connectivity index (χ3v) is 2.32. The van der Waals surface area contributed by atoms with Gasteiger partial charge in [-0.3, -0.25) is 0 Å². The van der Waals surface area contributed by atoms with Crippen LogP contribution in [0.4, 0.5) is 0 Å². The van der Waals surface area contributed by atoms with Gasteiger partial charge in [-0.15, -0.1) is 0 Å². The van der Waals surface area contributed by atoms with E-state index in [4.69, 9.17) is 14.7 Å². The summed E-state index contributed by atoms with van der Waals surface area (Å²) in [6.45, 7) is -0.261. The van der Waals surface area contributed by atoms with Gasteiger partial charge in [0.2, 0.25) is 0 Å². The Labute approximate surface area is 110 Å². The average molecular weight is 253 g/mol. The number of carbonyl (C=O) groups excluding carboxylic acids is 1. The van der Waals surface area contributed by atoms with E-state index in [9.17, 15) is 4.79 Å². The quantitative estimate of drug-likeness (QED) is 0.785. The van der Waals surface area contributed by atoms with Crippen molar-refractivity contribution >= 4 is 5.97 Å². The second-order valence-corrected chi connectivity index (χ2v) is 3.68. The number of para-hydroxylation sites is 1. The van der Waals surface area contributed by atoms with E-state index >= 15 is 0 Å². The third kappa shape index (κ3) is 3.58. The molecule has 0 aliphatic heterocycles. The van der Waals surface area contributed by atoms with Crippen LogP contribution in [-0.2, 0) is 4.74 Å². The molecule has 0 amide bonds. The molecule has 94 valence electrons. The molecule has 0 aliphatic rings. The van der Waals surface area contributed by atoms with Gasteiger partial charge in [0.1, 0.15) is 17.6 Å². The maximum absolute atomic E-state index is 11.6. The summed E-state index contributed by atoms with van der Waals surface area (Å²) in [5.74, 6) is 0.683. The van der Waals surface area contributed by atoms with Crippen LogP contribution in [0.2, 0.25) is 0 Å². The Morgan fingerprint density at radius 2 is 1.79 bits per heavy atom. The van der Waals surface area contributed by atoms with Crippen molar-refractivity contribution in [2.75, 3.05) is 6.61 Å². The number of esters is 1. The Morgan fingerprint density at radius 3 is 2.53 bits per heavy atom. The van der Waals surface area contributed by atoms with Crippen LogP contribution in [0.1, 0.15) is 10.4 Å². The minimum Gasteiger partial charge on any atom is -0.457 e. The van der Waals surface area contributed by atoms with E-state index in [1.165, 1.54) is 0 Å². The molecule has 0 bridgehead atoms. The minimum absolute atomic E-state index is 0.261. The predicted octanol–water partition coefficient (Wildman–Crippen LogP) is 3.16. The number of nitriles is 1. The molecule has 0 spiro atoms. The summed E-state index contributed by atoms with van der Waals surface area (Å²) in [5.41, 5.74) is 0.351. The lowest BCUT2D eigenvalue weighted by Gasteiger charge is -2.06. The smallest absolute Gasteiger partial charge is 0.339 e. The topological polar surface area (TPSA) is 59.3 Å². The lowest BCUT2D eigenvalue weighted by Crippen LogP contribution is -2.05. The molecule has 0 heterocycles. The summed E-state index contributed by atoms with van der Waals surface area (Å²) in [5, 5.41) is 8.36. The number of nitrogens with zero attached hydrogens (tertiary/aromatic N) is 1. The fourth-order valence-corrected chi connectivity index (χ4v) is 1.49. The Bertz CT molecular complexity index is 602. The first-order valence-electron chi connectivity index (χ1n) is 5.66. The van der Waals surface area contributed by atoms with Gasteiger partial charge in [-0.05, 0) is 30.3 Å². The van der Waals surface area contributed by atoms with Gasteiger partial charge < -0.3 is 9.47 Å². The fraction of sp³-hybridized carbons (Fsp3) is 0.0667. The molecule has 0 aliphatic carbocycles. The van der Waals surface area contributed by atoms with Crippen molar-refractivity contribution in [1.29, 1.82) is 5.26 Å². The van der Waals surface area contributed by atoms with Crippen molar-refractivity contribution < 1.29 is 14.3 Å². The average Bonchev–Trinajstić information content (AvgIpc) is 2.46. The molecular weight excluding hydrogens is 242 g/mol. The molecule has 19 heavy (non-hydrogen) atoms. The Kier molecular flexibility index (Phi) is 4.14. The van der Waals surface area contributed by atoms with E-state index < -0.39 is 5.97 Å². The largest absolute Gasteiger partial charge is 0.457 e. The van der Waals surface area contributed by atoms with E-state index in [1.54, 1.807) is 30.3 Å². The molecule has 0 saturated carbocycles. The zero-order valence-electron chi connectivity index (χ0n) is 10.1. The first-order chi connectivity index (χ1) is 9.29. The fourth-order valence-electron chi connectivity index (χ4n) is 1.49. The zero-order valence-corrected chi connectivity index (χ0v) is 10.1. The summed E-state index contributed by atoms with van der Waals surface area (Å²) in [6, 6.07) is 17.6. The number of benzene rings is 2. The Balaban J connectivity index is 2.11. The minimum atomic E-state index is -0.542. The molecule has 2 rings (SSSR count). The third-order valence-electron chi connectivity index (χ3n) is 2.32. The summed E-state index contributed by atoms with van der Waals surface area (Å²) in [6.07, 6.45) is 0. The summed E-state index contributed by atoms with van der Waals surface area (Å²) >= 11 is 0. The highest BCUT2D eigenvalue weighted by Crippen LogP contribution is 2.22. The normalized spacial score (nSPS) is 9.42. The van der Waals surface area contributed by atoms with Gasteiger partial charge in [-0.1, -0.05) is 24.3 Å². The highest BCUT2D eigenvalue weighted by atomic mass is 16.5. The lowest BCUT2D eigenvalue weighted by molar-refractivity contribution is 0.0554. The SMILES string of the molecule is N#CCOC(=O)c1cccc(Oc2ccccc2)c1. The van der Waals surface area contributed by atoms with E-state index in [0.29, 0.717) is 17.1 Å². The van der Waals surface area contributed by atoms with Crippen molar-refractivity contribution in [3.63, 3.8) is 0 Å². The lowest BCUT2D eigenvalue weighted by atomic mass is 10.2. The van der Waals surface area contributed by atoms with Crippen LogP contribution in [-0.4, -0.2) is 12.6 Å². The van der Waals surface area contributed by atoms with E-state index in [1.807, 2.05) is 30.3 Å². The molecule has 0 saturated heterocycles. The maximum atomic E-state index is 11.6. The molecule has 0 N–H and O–H groups in total. The molecule has 4 nitrogen and oxygen atoms in total. The summed E-state index contributed by atoms with van der Waals surface area (Å²) in [4.78, 5) is 11.6. The van der Waals surface area contributed by atoms with Gasteiger partial charge in [-0.25, -0.2) is 4.79 Å². The molecule has 0 fully saturated rings. The van der Waals surface area contributed by atoms with Crippen LogP contribution in [0.3, 0.4) is 0 Å². The standard InChI is InChI=1S/C15H11NO3/c16-9-10-18-15(17)12-5-4-8-14(11-12)19-13-6-2-1-3-7-13/h1-8,11H,10H2. The van der Waals surface area contributed by atoms with Crippen molar-refractivity contribution in [3.8, 4) is 17.6 Å². The summed E-state index contributed by atoms with van der Waals surface area (Å²) < 4.78 is 10.3. The van der Waals surface area contributed by atoms with Gasteiger partial charge in [-0.2, -0.15) is 5.26 Å². The molecule has 0 unspecified atom stereocenters. The number of hydrogen-bond acceptors (Lipinski definition) is 4. The number of hydrogen-bond donors (Lipinski definition) is 0. The Hall–Kier alpha value is -2.80. The first-order valence-corrected chi connectivity index (χ1v) is 5.66. The van der Waals surface area contributed by atoms with Crippen molar-refractivity contribution in [2.24, 2.45) is 0 Å². The predicted molar refractivity (Wildman–Crippen MR) is 68.9 cm³/mol. The molecule has 2 aromatic carbocycles. The number of carbonyl (C=O) groups is 1. The van der Waals surface area contributed by atoms with Crippen molar-refractivity contribution in [3.05, 3.63) is 60.2 Å². The van der Waals surface area contributed by atoms with Crippen LogP contribution >= 0.6 is 0 Å². The highest BCUT2D eigenvalue weighted by molar-refractivity contribution is 5.89. The second kappa shape index (κ2) is 6.22. The van der Waals surface area contributed by atoms with Crippen LogP contribution in [0, 0.1) is 11.3 Å². The van der Waals surface area contributed by atoms with Gasteiger partial charge in [0.05, 0.1) is 5.56 Å². The molecule has 4 heteroatoms. The van der Waals surface area contributed by atoms with Gasteiger partial charge >= 0.3 is 5.97 Å². The highest BCUT2D eigenvalue weighted by Gasteiger charge is 2.08. The molecular formula is C15H11NO3. The Morgan fingerprint density at radius 1 is 1.05 bits per heavy atom. The van der Waals surface area contributed by atoms with Crippen LogP contribution in [0.5, 0.6) is 11.5 Å². The summed E-state index contributed by atoms with van der Waals surface area (Å²) in [7, 11) is 0. The van der Waals surface area contributed by atoms with E-state index in [-0.39, 0.29) is 6.61 Å². The molecule has 0 aromatic heterocycles. The van der Waals surface area contributed by atoms with E-state index in [0.717, 1.165) is 0 Å². The first kappa shape index (κ1) is 12.7. The number of ether oxygens (including phenoxy) is 2. The van der Waals surface area contributed by atoms with Crippen LogP contribution < -0.4 is 4.74 Å². The maximum Gasteiger partial charge on any atom is 0.339 e. The molecule has 0 radical (unpaired) electrons. The zero-order chi connectivity index (χ0) is 13.5. The van der Waals surface area contributed by atoms with Crippen molar-refractivity contribution in [1.82, 2.24) is 0 Å². The van der Waals surface area contributed by atoms with Gasteiger partial charge in [0.15, 0.2) is 6.61 Å². The van der Waals surface area contributed by atoms with Crippen molar-refractivity contribution in [2.45, 2.75) is 0 Å². The van der Waals surface area contributed by atoms with Crippen LogP contribution in [0.25, 0.3) is 0 Å². The van der Waals surface area contributed by atoms with E-state index in [2.05, 4.69) is 0 Å². The molecule has 2 aromatic rings. The van der Waals surface area contributed by atoms with Gasteiger partial charge in [0.25, 0.3) is 0 Å². The number of rotatable bonds is 4. The second-order valence-electron chi connectivity index (χ2n) is 3.68. The molecule has 0 atom stereocenters. The van der Waals surface area contributed by atoms with Gasteiger partial charge in [0, 0.05) is 0 Å². The monoisotopic (exact) mass is 253 g/mol. The van der Waals surface area contributed by atoms with Crippen LogP contribution in [0.15, 0.2) is 54.6 Å².